The van der Waals surface area contributed by atoms with Crippen LogP contribution in [0.5, 0.6) is 0 Å². The van der Waals surface area contributed by atoms with Gasteiger partial charge >= 0.3 is 0 Å². The third-order valence-corrected chi connectivity index (χ3v) is 4.22. The second-order valence-electron chi connectivity index (χ2n) is 6.03. The first-order valence-electron chi connectivity index (χ1n) is 6.93. The molecule has 1 aromatic rings. The number of amides is 2. The Balaban J connectivity index is 2.01. The van der Waals surface area contributed by atoms with Crippen molar-refractivity contribution in [2.75, 3.05) is 10.6 Å². The Morgan fingerprint density at radius 2 is 1.59 bits per heavy atom. The number of carbonyl (C=O) groups is 2. The molecule has 118 valence electrons. The molecule has 1 saturated carbocycles. The molecule has 0 saturated heterocycles. The normalized spacial score (nSPS) is 21.7. The van der Waals surface area contributed by atoms with E-state index in [1.807, 2.05) is 13.8 Å². The molecule has 1 fully saturated rings. The molecule has 0 unspecified atom stereocenters. The summed E-state index contributed by atoms with van der Waals surface area (Å²) in [6.07, 6.45) is 1.72. The van der Waals surface area contributed by atoms with Crippen molar-refractivity contribution in [3.63, 3.8) is 0 Å². The predicted molar refractivity (Wildman–Crippen MR) is 89.9 cm³/mol. The molecule has 0 radical (unpaired) electrons. The number of carbonyl (C=O) groups excluding carboxylic acids is 2. The maximum atomic E-state index is 12.3. The highest BCUT2D eigenvalue weighted by Gasteiger charge is 2.60. The number of hydrogen-bond acceptors (Lipinski definition) is 2. The summed E-state index contributed by atoms with van der Waals surface area (Å²) in [6, 6.07) is 6.97. The quantitative estimate of drug-likeness (QED) is 0.863. The van der Waals surface area contributed by atoms with Crippen LogP contribution < -0.4 is 10.6 Å². The van der Waals surface area contributed by atoms with Crippen LogP contribution in [0.1, 0.15) is 20.8 Å². The fraction of sp³-hybridized carbons (Fsp3) is 0.375. The van der Waals surface area contributed by atoms with Crippen molar-refractivity contribution in [1.29, 1.82) is 0 Å². The highest BCUT2D eigenvalue weighted by atomic mass is 35.5. The highest BCUT2D eigenvalue weighted by Crippen LogP contribution is 2.60. The number of rotatable bonds is 4. The molecule has 1 aliphatic rings. The fourth-order valence-corrected chi connectivity index (χ4v) is 2.96. The topological polar surface area (TPSA) is 58.2 Å². The van der Waals surface area contributed by atoms with Crippen molar-refractivity contribution in [2.24, 2.45) is 17.3 Å². The standard InChI is InChI=1S/C16H18Cl2N2O2/c1-9(21)19-10-4-6-11(7-5-10)20-15(22)14-12(8-13(17)18)16(14,2)3/h4-8,12,14H,1-3H3,(H,19,21)(H,20,22)/t12-,14-/m0/s1. The van der Waals surface area contributed by atoms with E-state index >= 15 is 0 Å². The molecule has 2 amide bonds. The van der Waals surface area contributed by atoms with Crippen LogP contribution in [0.3, 0.4) is 0 Å². The summed E-state index contributed by atoms with van der Waals surface area (Å²) in [4.78, 5) is 23.3. The largest absolute Gasteiger partial charge is 0.326 e. The van der Waals surface area contributed by atoms with Crippen LogP contribution in [0.2, 0.25) is 0 Å². The average Bonchev–Trinajstić information content (AvgIpc) is 2.91. The van der Waals surface area contributed by atoms with Gasteiger partial charge in [0.05, 0.1) is 5.92 Å². The number of halogens is 2. The molecule has 1 aliphatic carbocycles. The zero-order valence-corrected chi connectivity index (χ0v) is 14.1. The average molecular weight is 341 g/mol. The summed E-state index contributed by atoms with van der Waals surface area (Å²) < 4.78 is 0.188. The van der Waals surface area contributed by atoms with Crippen LogP contribution in [0.4, 0.5) is 11.4 Å². The summed E-state index contributed by atoms with van der Waals surface area (Å²) in [5, 5.41) is 5.55. The van der Waals surface area contributed by atoms with E-state index in [1.54, 1.807) is 30.3 Å². The van der Waals surface area contributed by atoms with E-state index in [-0.39, 0.29) is 33.6 Å². The van der Waals surface area contributed by atoms with Gasteiger partial charge < -0.3 is 10.6 Å². The van der Waals surface area contributed by atoms with Gasteiger partial charge in [0.2, 0.25) is 11.8 Å². The van der Waals surface area contributed by atoms with Gasteiger partial charge in [0.1, 0.15) is 4.49 Å². The van der Waals surface area contributed by atoms with E-state index in [9.17, 15) is 9.59 Å². The van der Waals surface area contributed by atoms with E-state index in [0.717, 1.165) is 0 Å². The van der Waals surface area contributed by atoms with E-state index in [1.165, 1.54) is 6.92 Å². The molecular weight excluding hydrogens is 323 g/mol. The second-order valence-corrected chi connectivity index (χ2v) is 7.04. The number of hydrogen-bond donors (Lipinski definition) is 2. The lowest BCUT2D eigenvalue weighted by Gasteiger charge is -2.07. The van der Waals surface area contributed by atoms with Crippen molar-refractivity contribution in [3.8, 4) is 0 Å². The second kappa shape index (κ2) is 6.31. The Bertz CT molecular complexity index is 620. The summed E-state index contributed by atoms with van der Waals surface area (Å²) in [7, 11) is 0. The molecule has 0 heterocycles. The van der Waals surface area contributed by atoms with Gasteiger partial charge in [0.25, 0.3) is 0 Å². The van der Waals surface area contributed by atoms with Crippen LogP contribution in [-0.4, -0.2) is 11.8 Å². The van der Waals surface area contributed by atoms with Gasteiger partial charge in [0.15, 0.2) is 0 Å². The molecular formula is C16H18Cl2N2O2. The Hall–Kier alpha value is -1.52. The molecule has 2 rings (SSSR count). The van der Waals surface area contributed by atoms with Crippen LogP contribution >= 0.6 is 23.2 Å². The molecule has 0 spiro atoms. The zero-order chi connectivity index (χ0) is 16.5. The van der Waals surface area contributed by atoms with Crippen molar-refractivity contribution in [3.05, 3.63) is 34.8 Å². The number of allylic oxidation sites excluding steroid dienone is 1. The van der Waals surface area contributed by atoms with Crippen LogP contribution in [0.15, 0.2) is 34.8 Å². The lowest BCUT2D eigenvalue weighted by atomic mass is 10.1. The van der Waals surface area contributed by atoms with Crippen molar-refractivity contribution in [2.45, 2.75) is 20.8 Å². The monoisotopic (exact) mass is 340 g/mol. The van der Waals surface area contributed by atoms with E-state index in [0.29, 0.717) is 11.4 Å². The Kier molecular flexibility index (Phi) is 4.83. The first kappa shape index (κ1) is 16.8. The van der Waals surface area contributed by atoms with E-state index < -0.39 is 0 Å². The Labute approximate surface area is 139 Å². The van der Waals surface area contributed by atoms with Crippen LogP contribution in [0, 0.1) is 17.3 Å². The van der Waals surface area contributed by atoms with Gasteiger partial charge in [-0.25, -0.2) is 0 Å². The van der Waals surface area contributed by atoms with Gasteiger partial charge in [-0.1, -0.05) is 37.0 Å². The molecule has 22 heavy (non-hydrogen) atoms. The van der Waals surface area contributed by atoms with Gasteiger partial charge in [-0.15, -0.1) is 0 Å². The summed E-state index contributed by atoms with van der Waals surface area (Å²) >= 11 is 11.4. The Morgan fingerprint density at radius 1 is 1.09 bits per heavy atom. The SMILES string of the molecule is CC(=O)Nc1ccc(NC(=O)[C@@H]2[C@H](C=C(Cl)Cl)C2(C)C)cc1. The molecule has 6 heteroatoms. The van der Waals surface area contributed by atoms with Gasteiger partial charge in [-0.3, -0.25) is 9.59 Å². The minimum absolute atomic E-state index is 0.0381. The molecule has 0 bridgehead atoms. The smallest absolute Gasteiger partial charge is 0.228 e. The lowest BCUT2D eigenvalue weighted by Crippen LogP contribution is -2.16. The van der Waals surface area contributed by atoms with Crippen molar-refractivity contribution >= 4 is 46.4 Å². The van der Waals surface area contributed by atoms with Crippen LogP contribution in [-0.2, 0) is 9.59 Å². The van der Waals surface area contributed by atoms with Gasteiger partial charge in [-0.2, -0.15) is 0 Å². The molecule has 2 atom stereocenters. The minimum Gasteiger partial charge on any atom is -0.326 e. The lowest BCUT2D eigenvalue weighted by molar-refractivity contribution is -0.118. The number of anilines is 2. The molecule has 4 nitrogen and oxygen atoms in total. The molecule has 1 aromatic carbocycles. The first-order chi connectivity index (χ1) is 10.2. The molecule has 0 aliphatic heterocycles. The van der Waals surface area contributed by atoms with E-state index in [4.69, 9.17) is 23.2 Å². The number of benzene rings is 1. The van der Waals surface area contributed by atoms with Crippen molar-refractivity contribution in [1.82, 2.24) is 0 Å². The summed E-state index contributed by atoms with van der Waals surface area (Å²) in [5.41, 5.74) is 1.21. The van der Waals surface area contributed by atoms with Gasteiger partial charge in [-0.05, 0) is 41.7 Å². The Morgan fingerprint density at radius 3 is 2.05 bits per heavy atom. The molecule has 0 aromatic heterocycles. The first-order valence-corrected chi connectivity index (χ1v) is 7.68. The summed E-state index contributed by atoms with van der Waals surface area (Å²) in [6.45, 7) is 5.46. The van der Waals surface area contributed by atoms with Crippen molar-refractivity contribution < 1.29 is 9.59 Å². The third-order valence-electron chi connectivity index (χ3n) is 3.97. The van der Waals surface area contributed by atoms with E-state index in [2.05, 4.69) is 10.6 Å². The highest BCUT2D eigenvalue weighted by molar-refractivity contribution is 6.55. The number of nitrogens with one attached hydrogen (secondary N) is 2. The minimum atomic E-state index is -0.158. The maximum absolute atomic E-state index is 12.3. The third kappa shape index (κ3) is 3.81. The zero-order valence-electron chi connectivity index (χ0n) is 12.6. The van der Waals surface area contributed by atoms with Gasteiger partial charge in [0, 0.05) is 18.3 Å². The maximum Gasteiger partial charge on any atom is 0.228 e. The van der Waals surface area contributed by atoms with Crippen LogP contribution in [0.25, 0.3) is 0 Å². The summed E-state index contributed by atoms with van der Waals surface area (Å²) in [5.74, 6) is -0.316. The molecule has 2 N–H and O–H groups in total. The predicted octanol–water partition coefficient (Wildman–Crippen LogP) is 4.17. The fourth-order valence-electron chi connectivity index (χ4n) is 2.69.